The van der Waals surface area contributed by atoms with E-state index < -0.39 is 0 Å². The Kier molecular flexibility index (Phi) is 4.20. The molecule has 92 valence electrons. The molecule has 1 unspecified atom stereocenters. The Labute approximate surface area is 110 Å². The molecule has 2 rings (SSSR count). The Bertz CT molecular complexity index is 431. The summed E-state index contributed by atoms with van der Waals surface area (Å²) in [5.74, 6) is 6.58. The summed E-state index contributed by atoms with van der Waals surface area (Å²) in [6.07, 6.45) is 4.25. The van der Waals surface area contributed by atoms with E-state index >= 15 is 0 Å². The Morgan fingerprint density at radius 3 is 2.94 bits per heavy atom. The second kappa shape index (κ2) is 5.67. The first-order valence-corrected chi connectivity index (χ1v) is 6.56. The summed E-state index contributed by atoms with van der Waals surface area (Å²) in [6.45, 7) is 2.84. The van der Waals surface area contributed by atoms with E-state index in [0.717, 1.165) is 35.2 Å². The molecule has 0 amide bonds. The predicted molar refractivity (Wildman–Crippen MR) is 72.2 cm³/mol. The first-order valence-electron chi connectivity index (χ1n) is 5.77. The van der Waals surface area contributed by atoms with Crippen LogP contribution in [0.4, 0.5) is 0 Å². The van der Waals surface area contributed by atoms with Crippen LogP contribution in [0.1, 0.15) is 30.0 Å². The summed E-state index contributed by atoms with van der Waals surface area (Å²) in [7, 11) is 0. The summed E-state index contributed by atoms with van der Waals surface area (Å²) in [4.78, 5) is 0. The second-order valence-electron chi connectivity index (χ2n) is 4.22. The van der Waals surface area contributed by atoms with Crippen molar-refractivity contribution in [1.29, 1.82) is 0 Å². The number of hydrazine groups is 1. The fourth-order valence-corrected chi connectivity index (χ4v) is 2.46. The summed E-state index contributed by atoms with van der Waals surface area (Å²) >= 11 is 3.56. The van der Waals surface area contributed by atoms with E-state index in [1.165, 1.54) is 5.56 Å². The first kappa shape index (κ1) is 12.6. The van der Waals surface area contributed by atoms with Gasteiger partial charge in [0.1, 0.15) is 11.8 Å². The number of aryl methyl sites for hydroxylation is 1. The largest absolute Gasteiger partial charge is 0.496 e. The van der Waals surface area contributed by atoms with Gasteiger partial charge < -0.3 is 4.74 Å². The van der Waals surface area contributed by atoms with Crippen LogP contribution >= 0.6 is 15.9 Å². The highest BCUT2D eigenvalue weighted by molar-refractivity contribution is 9.10. The molecule has 3 nitrogen and oxygen atoms in total. The normalized spacial score (nSPS) is 17.2. The van der Waals surface area contributed by atoms with Crippen molar-refractivity contribution in [3.05, 3.63) is 45.6 Å². The van der Waals surface area contributed by atoms with Gasteiger partial charge in [0, 0.05) is 4.47 Å². The quantitative estimate of drug-likeness (QED) is 0.666. The van der Waals surface area contributed by atoms with Gasteiger partial charge in [-0.05, 0) is 37.5 Å². The molecule has 0 aromatic heterocycles. The van der Waals surface area contributed by atoms with Gasteiger partial charge in [-0.25, -0.2) is 5.43 Å². The number of hydrogen-bond acceptors (Lipinski definition) is 3. The molecule has 17 heavy (non-hydrogen) atoms. The highest BCUT2D eigenvalue weighted by atomic mass is 79.9. The molecular formula is C13H17BrN2O. The van der Waals surface area contributed by atoms with E-state index in [2.05, 4.69) is 46.5 Å². The molecule has 0 radical (unpaired) electrons. The van der Waals surface area contributed by atoms with Crippen LogP contribution in [0.5, 0.6) is 0 Å². The fraction of sp³-hybridized carbons (Fsp3) is 0.385. The fourth-order valence-electron chi connectivity index (χ4n) is 1.99. The highest BCUT2D eigenvalue weighted by Gasteiger charge is 2.20. The molecule has 0 fully saturated rings. The average molecular weight is 297 g/mol. The minimum Gasteiger partial charge on any atom is -0.496 e. The maximum Gasteiger partial charge on any atom is 0.115 e. The van der Waals surface area contributed by atoms with E-state index in [4.69, 9.17) is 10.6 Å². The zero-order chi connectivity index (χ0) is 12.3. The molecule has 1 aromatic rings. The number of nitrogens with two attached hydrogens (primary N) is 1. The van der Waals surface area contributed by atoms with E-state index in [9.17, 15) is 0 Å². The topological polar surface area (TPSA) is 47.3 Å². The van der Waals surface area contributed by atoms with E-state index in [0.29, 0.717) is 0 Å². The van der Waals surface area contributed by atoms with Gasteiger partial charge in [-0.1, -0.05) is 33.6 Å². The van der Waals surface area contributed by atoms with Crippen LogP contribution in [0.3, 0.4) is 0 Å². The highest BCUT2D eigenvalue weighted by Crippen LogP contribution is 2.31. The monoisotopic (exact) mass is 296 g/mol. The third-order valence-electron chi connectivity index (χ3n) is 2.88. The Morgan fingerprint density at radius 2 is 2.29 bits per heavy atom. The van der Waals surface area contributed by atoms with Gasteiger partial charge >= 0.3 is 0 Å². The van der Waals surface area contributed by atoms with Gasteiger partial charge in [0.25, 0.3) is 0 Å². The minimum absolute atomic E-state index is 0.0791. The Hall–Kier alpha value is -0.840. The molecule has 1 aliphatic heterocycles. The van der Waals surface area contributed by atoms with Gasteiger partial charge in [0.2, 0.25) is 0 Å². The predicted octanol–water partition coefficient (Wildman–Crippen LogP) is 2.96. The maximum absolute atomic E-state index is 5.68. The van der Waals surface area contributed by atoms with Crippen LogP contribution < -0.4 is 11.3 Å². The van der Waals surface area contributed by atoms with Crippen LogP contribution in [0.15, 0.2) is 34.5 Å². The van der Waals surface area contributed by atoms with Gasteiger partial charge in [0.15, 0.2) is 0 Å². The lowest BCUT2D eigenvalue weighted by Gasteiger charge is -2.24. The maximum atomic E-state index is 5.68. The number of benzene rings is 1. The molecule has 1 aromatic carbocycles. The summed E-state index contributed by atoms with van der Waals surface area (Å²) in [5, 5.41) is 0. The SMILES string of the molecule is Cc1ccc(Br)c(C(NN)C2=CCCCO2)c1. The van der Waals surface area contributed by atoms with E-state index in [1.807, 2.05) is 6.07 Å². The van der Waals surface area contributed by atoms with Crippen molar-refractivity contribution in [2.24, 2.45) is 5.84 Å². The smallest absolute Gasteiger partial charge is 0.115 e. The van der Waals surface area contributed by atoms with Crippen LogP contribution in [-0.4, -0.2) is 6.61 Å². The lowest BCUT2D eigenvalue weighted by molar-refractivity contribution is 0.167. The van der Waals surface area contributed by atoms with Crippen molar-refractivity contribution in [2.45, 2.75) is 25.8 Å². The molecule has 3 N–H and O–H groups in total. The van der Waals surface area contributed by atoms with Gasteiger partial charge in [-0.2, -0.15) is 0 Å². The van der Waals surface area contributed by atoms with Crippen molar-refractivity contribution in [2.75, 3.05) is 6.61 Å². The second-order valence-corrected chi connectivity index (χ2v) is 5.08. The zero-order valence-corrected chi connectivity index (χ0v) is 11.5. The summed E-state index contributed by atoms with van der Waals surface area (Å²) in [6, 6.07) is 6.15. The van der Waals surface area contributed by atoms with Crippen molar-refractivity contribution >= 4 is 15.9 Å². The molecule has 4 heteroatoms. The number of nitrogens with one attached hydrogen (secondary N) is 1. The van der Waals surface area contributed by atoms with Crippen molar-refractivity contribution < 1.29 is 4.74 Å². The van der Waals surface area contributed by atoms with Crippen molar-refractivity contribution in [3.8, 4) is 0 Å². The first-order chi connectivity index (χ1) is 8.22. The Balaban J connectivity index is 2.34. The van der Waals surface area contributed by atoms with E-state index in [-0.39, 0.29) is 6.04 Å². The third kappa shape index (κ3) is 2.89. The number of halogens is 1. The number of ether oxygens (including phenoxy) is 1. The lowest BCUT2D eigenvalue weighted by atomic mass is 10.0. The number of allylic oxidation sites excluding steroid dienone is 1. The van der Waals surface area contributed by atoms with Gasteiger partial charge in [0.05, 0.1) is 6.61 Å². The third-order valence-corrected chi connectivity index (χ3v) is 3.60. The lowest BCUT2D eigenvalue weighted by Crippen LogP contribution is -2.31. The van der Waals surface area contributed by atoms with Gasteiger partial charge in [-0.3, -0.25) is 5.84 Å². The van der Waals surface area contributed by atoms with Crippen LogP contribution in [-0.2, 0) is 4.74 Å². The molecule has 1 heterocycles. The van der Waals surface area contributed by atoms with Gasteiger partial charge in [-0.15, -0.1) is 0 Å². The standard InChI is InChI=1S/C13H17BrN2O/c1-9-5-6-11(14)10(8-9)13(16-15)12-4-2-3-7-17-12/h4-6,8,13,16H,2-3,7,15H2,1H3. The molecule has 0 bridgehead atoms. The molecule has 0 aliphatic carbocycles. The van der Waals surface area contributed by atoms with Crippen LogP contribution in [0, 0.1) is 6.92 Å². The molecule has 0 saturated carbocycles. The average Bonchev–Trinajstić information content (AvgIpc) is 2.36. The summed E-state index contributed by atoms with van der Waals surface area (Å²) in [5.41, 5.74) is 5.15. The van der Waals surface area contributed by atoms with Crippen molar-refractivity contribution in [1.82, 2.24) is 5.43 Å². The Morgan fingerprint density at radius 1 is 1.47 bits per heavy atom. The zero-order valence-electron chi connectivity index (χ0n) is 9.87. The minimum atomic E-state index is -0.0791. The summed E-state index contributed by atoms with van der Waals surface area (Å²) < 4.78 is 6.72. The molecule has 1 aliphatic rings. The molecule has 0 spiro atoms. The number of hydrogen-bond donors (Lipinski definition) is 2. The van der Waals surface area contributed by atoms with Crippen LogP contribution in [0.2, 0.25) is 0 Å². The molecule has 0 saturated heterocycles. The number of rotatable bonds is 3. The van der Waals surface area contributed by atoms with Crippen LogP contribution in [0.25, 0.3) is 0 Å². The molecule has 1 atom stereocenters. The van der Waals surface area contributed by atoms with Crippen molar-refractivity contribution in [3.63, 3.8) is 0 Å². The molecular weight excluding hydrogens is 280 g/mol. The van der Waals surface area contributed by atoms with E-state index in [1.54, 1.807) is 0 Å².